The third kappa shape index (κ3) is 0.907. The third-order valence-electron chi connectivity index (χ3n) is 2.17. The van der Waals surface area contributed by atoms with Gasteiger partial charge in [0.2, 0.25) is 0 Å². The molecule has 1 heteroatoms. The fourth-order valence-corrected chi connectivity index (χ4v) is 1.57. The molecule has 0 bridgehead atoms. The van der Waals surface area contributed by atoms with Crippen molar-refractivity contribution in [3.63, 3.8) is 0 Å². The van der Waals surface area contributed by atoms with Crippen molar-refractivity contribution in [2.45, 2.75) is 6.92 Å². The molecule has 0 radical (unpaired) electrons. The van der Waals surface area contributed by atoms with Crippen LogP contribution < -0.4 is 0 Å². The van der Waals surface area contributed by atoms with Gasteiger partial charge in [0.05, 0.1) is 13.2 Å². The molecule has 2 aliphatic rings. The van der Waals surface area contributed by atoms with Crippen LogP contribution >= 0.6 is 0 Å². The van der Waals surface area contributed by atoms with Crippen LogP contribution in [0.3, 0.4) is 0 Å². The molecule has 54 valence electrons. The summed E-state index contributed by atoms with van der Waals surface area (Å²) in [6.45, 7) is 3.96. The predicted molar refractivity (Wildman–Crippen MR) is 40.7 cm³/mol. The summed E-state index contributed by atoms with van der Waals surface area (Å²) in [5, 5.41) is 0. The zero-order valence-electron chi connectivity index (χ0n) is 6.21. The Hall–Kier alpha value is -0.560. The highest BCUT2D eigenvalue weighted by Gasteiger charge is 2.21. The molecule has 0 amide bonds. The van der Waals surface area contributed by atoms with Crippen molar-refractivity contribution in [2.75, 3.05) is 13.2 Å². The first-order valence-electron chi connectivity index (χ1n) is 3.83. The summed E-state index contributed by atoms with van der Waals surface area (Å²) >= 11 is 0. The molecule has 1 aliphatic carbocycles. The monoisotopic (exact) mass is 136 g/mol. The molecule has 1 nitrogen and oxygen atoms in total. The van der Waals surface area contributed by atoms with E-state index in [-0.39, 0.29) is 0 Å². The molecule has 10 heavy (non-hydrogen) atoms. The van der Waals surface area contributed by atoms with E-state index in [1.165, 1.54) is 5.57 Å². The van der Waals surface area contributed by atoms with E-state index in [4.69, 9.17) is 4.74 Å². The lowest BCUT2D eigenvalue weighted by molar-refractivity contribution is 0.195. The molecule has 1 saturated heterocycles. The molecule has 1 aliphatic heterocycles. The minimum Gasteiger partial charge on any atom is -0.376 e. The van der Waals surface area contributed by atoms with Crippen molar-refractivity contribution in [1.82, 2.24) is 0 Å². The second kappa shape index (κ2) is 2.24. The first kappa shape index (κ1) is 6.17. The lowest BCUT2D eigenvalue weighted by atomic mass is 9.92. The van der Waals surface area contributed by atoms with Crippen molar-refractivity contribution in [3.05, 3.63) is 23.8 Å². The van der Waals surface area contributed by atoms with Crippen molar-refractivity contribution < 1.29 is 4.74 Å². The highest BCUT2D eigenvalue weighted by molar-refractivity contribution is 5.24. The van der Waals surface area contributed by atoms with Crippen LogP contribution in [0.2, 0.25) is 0 Å². The summed E-state index contributed by atoms with van der Waals surface area (Å²) in [5.74, 6) is 1.23. The number of hydrogen-bond donors (Lipinski definition) is 0. The highest BCUT2D eigenvalue weighted by Crippen LogP contribution is 2.27. The maximum absolute atomic E-state index is 5.32. The van der Waals surface area contributed by atoms with Gasteiger partial charge in [-0.3, -0.25) is 0 Å². The molecule has 0 aromatic heterocycles. The summed E-state index contributed by atoms with van der Waals surface area (Å²) < 4.78 is 5.32. The topological polar surface area (TPSA) is 9.23 Å². The molecule has 1 fully saturated rings. The maximum Gasteiger partial charge on any atom is 0.0684 e. The molecular weight excluding hydrogens is 124 g/mol. The van der Waals surface area contributed by atoms with E-state index < -0.39 is 0 Å². The Kier molecular flexibility index (Phi) is 1.38. The fourth-order valence-electron chi connectivity index (χ4n) is 1.57. The number of rotatable bonds is 0. The van der Waals surface area contributed by atoms with Gasteiger partial charge in [-0.05, 0) is 11.5 Å². The maximum atomic E-state index is 5.32. The van der Waals surface area contributed by atoms with Crippen LogP contribution in [0.1, 0.15) is 6.92 Å². The molecular formula is C9H12O. The Morgan fingerprint density at radius 3 is 3.30 bits per heavy atom. The van der Waals surface area contributed by atoms with Gasteiger partial charge >= 0.3 is 0 Å². The van der Waals surface area contributed by atoms with E-state index in [1.807, 2.05) is 0 Å². The van der Waals surface area contributed by atoms with Gasteiger partial charge in [-0.2, -0.15) is 0 Å². The van der Waals surface area contributed by atoms with Crippen LogP contribution in [0.25, 0.3) is 0 Å². The zero-order chi connectivity index (χ0) is 6.97. The van der Waals surface area contributed by atoms with Crippen molar-refractivity contribution >= 4 is 0 Å². The Morgan fingerprint density at radius 1 is 1.50 bits per heavy atom. The third-order valence-corrected chi connectivity index (χ3v) is 2.17. The lowest BCUT2D eigenvalue weighted by Gasteiger charge is -2.12. The molecule has 0 N–H and O–H groups in total. The average Bonchev–Trinajstić information content (AvgIpc) is 2.33. The fraction of sp³-hybridized carbons (Fsp3) is 0.556. The van der Waals surface area contributed by atoms with Crippen LogP contribution in [-0.4, -0.2) is 13.2 Å². The molecule has 2 atom stereocenters. The van der Waals surface area contributed by atoms with Crippen molar-refractivity contribution in [2.24, 2.45) is 11.8 Å². The molecule has 1 heterocycles. The highest BCUT2D eigenvalue weighted by atomic mass is 16.5. The van der Waals surface area contributed by atoms with E-state index in [9.17, 15) is 0 Å². The van der Waals surface area contributed by atoms with Crippen LogP contribution in [-0.2, 0) is 4.74 Å². The number of hydrogen-bond acceptors (Lipinski definition) is 1. The quantitative estimate of drug-likeness (QED) is 0.461. The molecule has 2 rings (SSSR count). The lowest BCUT2D eigenvalue weighted by Crippen LogP contribution is -2.04. The first-order valence-corrected chi connectivity index (χ1v) is 3.83. The van der Waals surface area contributed by atoms with E-state index >= 15 is 0 Å². The molecule has 0 unspecified atom stereocenters. The Bertz CT molecular complexity index is 191. The minimum atomic E-state index is 0.608. The van der Waals surface area contributed by atoms with E-state index in [0.29, 0.717) is 11.8 Å². The van der Waals surface area contributed by atoms with E-state index in [2.05, 4.69) is 25.2 Å². The Morgan fingerprint density at radius 2 is 2.40 bits per heavy atom. The second-order valence-electron chi connectivity index (χ2n) is 3.11. The number of fused-ring (bicyclic) bond motifs is 1. The normalized spacial score (nSPS) is 37.5. The second-order valence-corrected chi connectivity index (χ2v) is 3.11. The van der Waals surface area contributed by atoms with Crippen LogP contribution in [0.5, 0.6) is 0 Å². The van der Waals surface area contributed by atoms with E-state index in [1.54, 1.807) is 0 Å². The van der Waals surface area contributed by atoms with Gasteiger partial charge in [0.15, 0.2) is 0 Å². The predicted octanol–water partition coefficient (Wildman–Crippen LogP) is 1.77. The van der Waals surface area contributed by atoms with Crippen LogP contribution in [0.15, 0.2) is 23.8 Å². The SMILES string of the molecule is C[C@@H]1C=C[C@@H]2COCC2=C1. The van der Waals surface area contributed by atoms with Gasteiger partial charge in [-0.1, -0.05) is 25.2 Å². The Balaban J connectivity index is 2.22. The average molecular weight is 136 g/mol. The van der Waals surface area contributed by atoms with Gasteiger partial charge in [0.25, 0.3) is 0 Å². The van der Waals surface area contributed by atoms with Gasteiger partial charge in [0, 0.05) is 5.92 Å². The van der Waals surface area contributed by atoms with Gasteiger partial charge in [0.1, 0.15) is 0 Å². The first-order chi connectivity index (χ1) is 4.86. The summed E-state index contributed by atoms with van der Waals surface area (Å²) in [4.78, 5) is 0. The molecule has 0 aromatic rings. The van der Waals surface area contributed by atoms with Crippen molar-refractivity contribution in [1.29, 1.82) is 0 Å². The largest absolute Gasteiger partial charge is 0.376 e. The van der Waals surface area contributed by atoms with Crippen LogP contribution in [0.4, 0.5) is 0 Å². The Labute approximate surface area is 61.4 Å². The standard InChI is InChI=1S/C9H12O/c1-7-2-3-8-5-10-6-9(8)4-7/h2-4,7-8H,5-6H2,1H3/t7-,8-/m1/s1. The van der Waals surface area contributed by atoms with Gasteiger partial charge < -0.3 is 4.74 Å². The zero-order valence-corrected chi connectivity index (χ0v) is 6.21. The smallest absolute Gasteiger partial charge is 0.0684 e. The summed E-state index contributed by atoms with van der Waals surface area (Å²) in [5.41, 5.74) is 1.48. The minimum absolute atomic E-state index is 0.608. The van der Waals surface area contributed by atoms with Crippen molar-refractivity contribution in [3.8, 4) is 0 Å². The number of ether oxygens (including phenoxy) is 1. The molecule has 0 aromatic carbocycles. The van der Waals surface area contributed by atoms with Crippen LogP contribution in [0, 0.1) is 11.8 Å². The van der Waals surface area contributed by atoms with Gasteiger partial charge in [-0.25, -0.2) is 0 Å². The van der Waals surface area contributed by atoms with Gasteiger partial charge in [-0.15, -0.1) is 0 Å². The molecule has 0 saturated carbocycles. The summed E-state index contributed by atoms with van der Waals surface area (Å²) in [6.07, 6.45) is 6.84. The summed E-state index contributed by atoms with van der Waals surface area (Å²) in [6, 6.07) is 0. The van der Waals surface area contributed by atoms with E-state index in [0.717, 1.165) is 13.2 Å². The molecule has 0 spiro atoms. The summed E-state index contributed by atoms with van der Waals surface area (Å²) in [7, 11) is 0. The number of allylic oxidation sites excluding steroid dienone is 2.